The van der Waals surface area contributed by atoms with Crippen LogP contribution in [0.1, 0.15) is 21.5 Å². The maximum Gasteiger partial charge on any atom is 0.255 e. The summed E-state index contributed by atoms with van der Waals surface area (Å²) in [6.45, 7) is 7.65. The topological polar surface area (TPSA) is 61.4 Å². The number of aromatic nitrogens is 2. The van der Waals surface area contributed by atoms with Gasteiger partial charge >= 0.3 is 0 Å². The molecule has 0 unspecified atom stereocenters. The summed E-state index contributed by atoms with van der Waals surface area (Å²) in [5.41, 5.74) is 4.94. The van der Waals surface area contributed by atoms with Crippen molar-refractivity contribution >= 4 is 23.2 Å². The fourth-order valence-electron chi connectivity index (χ4n) is 3.46. The maximum atomic E-state index is 12.5. The quantitative estimate of drug-likeness (QED) is 0.740. The Morgan fingerprint density at radius 3 is 2.17 bits per heavy atom. The van der Waals surface area contributed by atoms with Gasteiger partial charge < -0.3 is 15.1 Å². The first-order valence-electron chi connectivity index (χ1n) is 9.86. The van der Waals surface area contributed by atoms with Gasteiger partial charge in [0.05, 0.1) is 0 Å². The number of hydrogen-bond donors (Lipinski definition) is 1. The fourth-order valence-corrected chi connectivity index (χ4v) is 3.46. The number of amides is 1. The van der Waals surface area contributed by atoms with Crippen LogP contribution in [0.3, 0.4) is 0 Å². The number of nitrogens with one attached hydrogen (secondary N) is 1. The second kappa shape index (κ2) is 8.31. The van der Waals surface area contributed by atoms with Gasteiger partial charge in [-0.25, -0.2) is 9.97 Å². The minimum absolute atomic E-state index is 0.0858. The summed E-state index contributed by atoms with van der Waals surface area (Å²) in [7, 11) is 0. The summed E-state index contributed by atoms with van der Waals surface area (Å²) in [5.74, 6) is 0.703. The van der Waals surface area contributed by atoms with E-state index in [9.17, 15) is 4.79 Å². The number of carbonyl (C=O) groups is 1. The molecule has 2 aromatic carbocycles. The van der Waals surface area contributed by atoms with Gasteiger partial charge in [0.2, 0.25) is 5.95 Å². The van der Waals surface area contributed by atoms with Crippen molar-refractivity contribution < 1.29 is 4.79 Å². The lowest BCUT2D eigenvalue weighted by Gasteiger charge is -2.36. The zero-order valence-corrected chi connectivity index (χ0v) is 16.8. The zero-order valence-electron chi connectivity index (χ0n) is 16.8. The van der Waals surface area contributed by atoms with Crippen molar-refractivity contribution in [2.75, 3.05) is 41.3 Å². The number of aryl methyl sites for hydroxylation is 2. The van der Waals surface area contributed by atoms with E-state index in [2.05, 4.69) is 37.2 Å². The molecule has 1 N–H and O–H groups in total. The lowest BCUT2D eigenvalue weighted by molar-refractivity contribution is 0.102. The van der Waals surface area contributed by atoms with E-state index >= 15 is 0 Å². The number of rotatable bonds is 4. The van der Waals surface area contributed by atoms with Crippen LogP contribution in [0.5, 0.6) is 0 Å². The van der Waals surface area contributed by atoms with Gasteiger partial charge in [0.1, 0.15) is 0 Å². The molecular weight excluding hydrogens is 362 g/mol. The fraction of sp³-hybridized carbons (Fsp3) is 0.261. The number of benzene rings is 2. The first kappa shape index (κ1) is 18.9. The molecule has 1 amide bonds. The van der Waals surface area contributed by atoms with Crippen molar-refractivity contribution in [2.24, 2.45) is 0 Å². The third-order valence-corrected chi connectivity index (χ3v) is 5.37. The molecule has 0 radical (unpaired) electrons. The molecule has 0 saturated carbocycles. The average Bonchev–Trinajstić information content (AvgIpc) is 2.77. The molecule has 6 nitrogen and oxygen atoms in total. The summed E-state index contributed by atoms with van der Waals surface area (Å²) in [6, 6.07) is 15.6. The van der Waals surface area contributed by atoms with E-state index in [-0.39, 0.29) is 5.91 Å². The van der Waals surface area contributed by atoms with E-state index in [1.165, 1.54) is 5.56 Å². The molecule has 0 spiro atoms. The summed E-state index contributed by atoms with van der Waals surface area (Å²) >= 11 is 0. The summed E-state index contributed by atoms with van der Waals surface area (Å²) in [4.78, 5) is 25.7. The van der Waals surface area contributed by atoms with Crippen LogP contribution < -0.4 is 15.1 Å². The van der Waals surface area contributed by atoms with Crippen LogP contribution in [0.2, 0.25) is 0 Å². The average molecular weight is 387 g/mol. The standard InChI is InChI=1S/C23H25N5O/c1-17-4-5-19(16-18(17)2)22(29)26-20-6-8-21(9-7-20)27-12-14-28(15-13-27)23-24-10-3-11-25-23/h3-11,16H,12-15H2,1-2H3,(H,26,29). The van der Waals surface area contributed by atoms with Crippen LogP contribution in [0, 0.1) is 13.8 Å². The Kier molecular flexibility index (Phi) is 5.42. The highest BCUT2D eigenvalue weighted by atomic mass is 16.1. The van der Waals surface area contributed by atoms with Crippen LogP contribution in [0.25, 0.3) is 0 Å². The molecule has 148 valence electrons. The van der Waals surface area contributed by atoms with Gasteiger partial charge in [-0.1, -0.05) is 6.07 Å². The first-order valence-corrected chi connectivity index (χ1v) is 9.86. The van der Waals surface area contributed by atoms with Gasteiger partial charge in [-0.15, -0.1) is 0 Å². The molecule has 1 aliphatic heterocycles. The Hall–Kier alpha value is -3.41. The van der Waals surface area contributed by atoms with Crippen LogP contribution >= 0.6 is 0 Å². The van der Waals surface area contributed by atoms with Crippen molar-refractivity contribution in [1.82, 2.24) is 9.97 Å². The van der Waals surface area contributed by atoms with Crippen LogP contribution in [0.4, 0.5) is 17.3 Å². The zero-order chi connectivity index (χ0) is 20.2. The number of hydrogen-bond acceptors (Lipinski definition) is 5. The van der Waals surface area contributed by atoms with E-state index in [0.29, 0.717) is 5.56 Å². The van der Waals surface area contributed by atoms with Crippen molar-refractivity contribution in [3.8, 4) is 0 Å². The molecule has 3 aromatic rings. The Morgan fingerprint density at radius 2 is 1.52 bits per heavy atom. The largest absolute Gasteiger partial charge is 0.368 e. The van der Waals surface area contributed by atoms with Crippen molar-refractivity contribution in [3.05, 3.63) is 77.6 Å². The highest BCUT2D eigenvalue weighted by molar-refractivity contribution is 6.04. The highest BCUT2D eigenvalue weighted by Gasteiger charge is 2.19. The Balaban J connectivity index is 1.36. The molecule has 2 heterocycles. The highest BCUT2D eigenvalue weighted by Crippen LogP contribution is 2.21. The normalized spacial score (nSPS) is 14.0. The van der Waals surface area contributed by atoms with E-state index in [1.54, 1.807) is 12.4 Å². The molecule has 0 aliphatic carbocycles. The van der Waals surface area contributed by atoms with E-state index in [0.717, 1.165) is 49.1 Å². The molecular formula is C23H25N5O. The molecule has 4 rings (SSSR count). The molecule has 29 heavy (non-hydrogen) atoms. The van der Waals surface area contributed by atoms with Gasteiger partial charge in [-0.05, 0) is 67.4 Å². The van der Waals surface area contributed by atoms with E-state index in [1.807, 2.05) is 50.2 Å². The van der Waals surface area contributed by atoms with Crippen LogP contribution in [0.15, 0.2) is 60.9 Å². The molecule has 0 bridgehead atoms. The predicted molar refractivity (Wildman–Crippen MR) is 117 cm³/mol. The summed E-state index contributed by atoms with van der Waals surface area (Å²) < 4.78 is 0. The monoisotopic (exact) mass is 387 g/mol. The third-order valence-electron chi connectivity index (χ3n) is 5.37. The lowest BCUT2D eigenvalue weighted by Crippen LogP contribution is -2.47. The summed E-state index contributed by atoms with van der Waals surface area (Å²) in [6.07, 6.45) is 3.55. The second-order valence-corrected chi connectivity index (χ2v) is 7.32. The van der Waals surface area contributed by atoms with Crippen LogP contribution in [-0.4, -0.2) is 42.1 Å². The Bertz CT molecular complexity index is 980. The van der Waals surface area contributed by atoms with Crippen LogP contribution in [-0.2, 0) is 0 Å². The van der Waals surface area contributed by atoms with Crippen molar-refractivity contribution in [1.29, 1.82) is 0 Å². The summed E-state index contributed by atoms with van der Waals surface area (Å²) in [5, 5.41) is 2.98. The van der Waals surface area contributed by atoms with E-state index < -0.39 is 0 Å². The minimum Gasteiger partial charge on any atom is -0.368 e. The smallest absolute Gasteiger partial charge is 0.255 e. The van der Waals surface area contributed by atoms with Gasteiger partial charge in [0.25, 0.3) is 5.91 Å². The van der Waals surface area contributed by atoms with Gasteiger partial charge in [0.15, 0.2) is 0 Å². The Labute approximate surface area is 171 Å². The number of anilines is 3. The number of nitrogens with zero attached hydrogens (tertiary/aromatic N) is 4. The van der Waals surface area contributed by atoms with Gasteiger partial charge in [-0.3, -0.25) is 4.79 Å². The SMILES string of the molecule is Cc1ccc(C(=O)Nc2ccc(N3CCN(c4ncccn4)CC3)cc2)cc1C. The third kappa shape index (κ3) is 4.37. The predicted octanol–water partition coefficient (Wildman–Crippen LogP) is 3.67. The second-order valence-electron chi connectivity index (χ2n) is 7.32. The maximum absolute atomic E-state index is 12.5. The molecule has 1 aromatic heterocycles. The first-order chi connectivity index (χ1) is 14.1. The van der Waals surface area contributed by atoms with E-state index in [4.69, 9.17) is 0 Å². The Morgan fingerprint density at radius 1 is 0.862 bits per heavy atom. The molecule has 1 aliphatic rings. The molecule has 0 atom stereocenters. The van der Waals surface area contributed by atoms with Gasteiger partial charge in [-0.2, -0.15) is 0 Å². The number of carbonyl (C=O) groups excluding carboxylic acids is 1. The molecule has 1 fully saturated rings. The van der Waals surface area contributed by atoms with Crippen molar-refractivity contribution in [2.45, 2.75) is 13.8 Å². The lowest BCUT2D eigenvalue weighted by atomic mass is 10.1. The minimum atomic E-state index is -0.0858. The number of piperazine rings is 1. The van der Waals surface area contributed by atoms with Crippen molar-refractivity contribution in [3.63, 3.8) is 0 Å². The molecule has 6 heteroatoms. The molecule has 1 saturated heterocycles. The van der Waals surface area contributed by atoms with Gasteiger partial charge in [0, 0.05) is 55.5 Å².